The van der Waals surface area contributed by atoms with Crippen LogP contribution in [0.5, 0.6) is 5.75 Å². The molecule has 2 aromatic carbocycles. The van der Waals surface area contributed by atoms with Crippen molar-refractivity contribution in [3.63, 3.8) is 0 Å². The number of benzene rings is 2. The van der Waals surface area contributed by atoms with Gasteiger partial charge in [-0.3, -0.25) is 14.6 Å². The van der Waals surface area contributed by atoms with E-state index in [1.165, 1.54) is 13.2 Å². The summed E-state index contributed by atoms with van der Waals surface area (Å²) in [4.78, 5) is 45.2. The number of amides is 1. The summed E-state index contributed by atoms with van der Waals surface area (Å²) in [6, 6.07) is 18.4. The molecule has 0 radical (unpaired) electrons. The lowest BCUT2D eigenvalue weighted by Crippen LogP contribution is -2.34. The molecule has 0 spiro atoms. The first kappa shape index (κ1) is 23.3. The van der Waals surface area contributed by atoms with Crippen molar-refractivity contribution in [2.75, 3.05) is 20.2 Å². The van der Waals surface area contributed by atoms with Crippen molar-refractivity contribution >= 4 is 22.6 Å². The average Bonchev–Trinajstić information content (AvgIpc) is 3.15. The molecule has 0 saturated carbocycles. The first-order valence-corrected chi connectivity index (χ1v) is 11.7. The molecule has 0 aliphatic carbocycles. The molecule has 182 valence electrons. The molecule has 0 saturated heterocycles. The number of fused-ring (bicyclic) bond motifs is 2. The van der Waals surface area contributed by atoms with E-state index in [0.717, 1.165) is 16.3 Å². The van der Waals surface area contributed by atoms with Crippen LogP contribution in [-0.4, -0.2) is 46.5 Å². The average molecular weight is 484 g/mol. The summed E-state index contributed by atoms with van der Waals surface area (Å²) in [6.45, 7) is 1.09. The van der Waals surface area contributed by atoms with Gasteiger partial charge < -0.3 is 18.9 Å². The summed E-state index contributed by atoms with van der Waals surface area (Å²) >= 11 is 0. The molecule has 8 heteroatoms. The second-order valence-electron chi connectivity index (χ2n) is 8.53. The predicted molar refractivity (Wildman–Crippen MR) is 134 cm³/mol. The number of carbonyl (C=O) groups excluding carboxylic acids is 2. The number of carbonyl (C=O) groups is 2. The van der Waals surface area contributed by atoms with E-state index in [-0.39, 0.29) is 35.9 Å². The predicted octanol–water partition coefficient (Wildman–Crippen LogP) is 3.46. The molecule has 0 unspecified atom stereocenters. The van der Waals surface area contributed by atoms with Gasteiger partial charge in [-0.25, -0.2) is 4.79 Å². The maximum Gasteiger partial charge on any atom is 0.343 e. The zero-order valence-corrected chi connectivity index (χ0v) is 19.8. The van der Waals surface area contributed by atoms with E-state index in [9.17, 15) is 14.4 Å². The molecule has 4 aromatic rings. The number of pyridine rings is 2. The standard InChI is InChI=1S/C28H25N3O5/c1-35-28(34)26-23-11-13-30(27(33)22-10-4-8-20-7-2-3-9-21(20)22)14-15-31(23)25(32)16-24(26)36-18-19-6-5-12-29-17-19/h2-10,12,16-17H,11,13-15,18H2,1H3. The van der Waals surface area contributed by atoms with E-state index in [0.29, 0.717) is 30.8 Å². The number of hydrogen-bond acceptors (Lipinski definition) is 6. The Morgan fingerprint density at radius 1 is 1.00 bits per heavy atom. The van der Waals surface area contributed by atoms with Crippen LogP contribution in [0.1, 0.15) is 32.0 Å². The fourth-order valence-corrected chi connectivity index (χ4v) is 4.62. The minimum Gasteiger partial charge on any atom is -0.488 e. The molecule has 3 heterocycles. The highest BCUT2D eigenvalue weighted by atomic mass is 16.5. The molecular formula is C28H25N3O5. The van der Waals surface area contributed by atoms with E-state index in [1.54, 1.807) is 27.9 Å². The monoisotopic (exact) mass is 483 g/mol. The summed E-state index contributed by atoms with van der Waals surface area (Å²) < 4.78 is 12.5. The molecule has 8 nitrogen and oxygen atoms in total. The minimum absolute atomic E-state index is 0.111. The number of hydrogen-bond donors (Lipinski definition) is 0. The highest BCUT2D eigenvalue weighted by molar-refractivity contribution is 6.07. The Morgan fingerprint density at radius 2 is 1.83 bits per heavy atom. The largest absolute Gasteiger partial charge is 0.488 e. The Hall–Kier alpha value is -4.46. The summed E-state index contributed by atoms with van der Waals surface area (Å²) in [7, 11) is 1.29. The second-order valence-corrected chi connectivity index (χ2v) is 8.53. The highest BCUT2D eigenvalue weighted by Crippen LogP contribution is 2.26. The smallest absolute Gasteiger partial charge is 0.343 e. The first-order chi connectivity index (χ1) is 17.6. The van der Waals surface area contributed by atoms with Gasteiger partial charge in [0.1, 0.15) is 17.9 Å². The maximum absolute atomic E-state index is 13.5. The molecule has 1 amide bonds. The van der Waals surface area contributed by atoms with Crippen LogP contribution < -0.4 is 10.3 Å². The number of aromatic nitrogens is 2. The molecule has 1 aliphatic rings. The lowest BCUT2D eigenvalue weighted by molar-refractivity contribution is 0.0592. The second kappa shape index (κ2) is 10.0. The van der Waals surface area contributed by atoms with Crippen LogP contribution in [0.25, 0.3) is 10.8 Å². The van der Waals surface area contributed by atoms with Gasteiger partial charge in [0.25, 0.3) is 11.5 Å². The molecule has 0 N–H and O–H groups in total. The third kappa shape index (κ3) is 4.45. The molecule has 2 aromatic heterocycles. The SMILES string of the molecule is COC(=O)c1c(OCc2cccnc2)cc(=O)n2c1CCN(C(=O)c1cccc3ccccc13)CC2. The van der Waals surface area contributed by atoms with Crippen molar-refractivity contribution in [3.8, 4) is 5.75 Å². The van der Waals surface area contributed by atoms with E-state index in [2.05, 4.69) is 4.98 Å². The number of methoxy groups -OCH3 is 1. The van der Waals surface area contributed by atoms with Crippen LogP contribution in [0.4, 0.5) is 0 Å². The van der Waals surface area contributed by atoms with E-state index >= 15 is 0 Å². The van der Waals surface area contributed by atoms with Crippen LogP contribution >= 0.6 is 0 Å². The Balaban J connectivity index is 1.46. The molecular weight excluding hydrogens is 458 g/mol. The molecule has 1 aliphatic heterocycles. The number of rotatable bonds is 5. The van der Waals surface area contributed by atoms with Crippen LogP contribution in [0.2, 0.25) is 0 Å². The van der Waals surface area contributed by atoms with Gasteiger partial charge in [0, 0.05) is 61.3 Å². The van der Waals surface area contributed by atoms with E-state index in [1.807, 2.05) is 48.5 Å². The van der Waals surface area contributed by atoms with Crippen molar-refractivity contribution < 1.29 is 19.1 Å². The van der Waals surface area contributed by atoms with Crippen molar-refractivity contribution in [2.45, 2.75) is 19.6 Å². The van der Waals surface area contributed by atoms with Crippen molar-refractivity contribution in [1.82, 2.24) is 14.5 Å². The van der Waals surface area contributed by atoms with Gasteiger partial charge >= 0.3 is 5.97 Å². The molecule has 0 fully saturated rings. The Kier molecular flexibility index (Phi) is 6.49. The fraction of sp³-hybridized carbons (Fsp3) is 0.214. The van der Waals surface area contributed by atoms with Gasteiger partial charge in [-0.15, -0.1) is 0 Å². The lowest BCUT2D eigenvalue weighted by Gasteiger charge is -2.21. The molecule has 5 rings (SSSR count). The van der Waals surface area contributed by atoms with Crippen molar-refractivity contribution in [1.29, 1.82) is 0 Å². The Labute approximate surface area is 207 Å². The Bertz CT molecular complexity index is 1490. The van der Waals surface area contributed by atoms with Crippen molar-refractivity contribution in [2.24, 2.45) is 0 Å². The third-order valence-electron chi connectivity index (χ3n) is 6.41. The zero-order valence-electron chi connectivity index (χ0n) is 19.8. The lowest BCUT2D eigenvalue weighted by atomic mass is 10.0. The summed E-state index contributed by atoms with van der Waals surface area (Å²) in [5.41, 5.74) is 1.83. The van der Waals surface area contributed by atoms with Gasteiger partial charge in [0.15, 0.2) is 0 Å². The van der Waals surface area contributed by atoms with Gasteiger partial charge in [0.05, 0.1) is 7.11 Å². The minimum atomic E-state index is -0.589. The molecule has 0 bridgehead atoms. The normalized spacial score (nSPS) is 13.1. The Morgan fingerprint density at radius 3 is 2.64 bits per heavy atom. The van der Waals surface area contributed by atoms with Gasteiger partial charge in [-0.2, -0.15) is 0 Å². The van der Waals surface area contributed by atoms with Gasteiger partial charge in [-0.1, -0.05) is 42.5 Å². The molecule has 36 heavy (non-hydrogen) atoms. The van der Waals surface area contributed by atoms with Crippen LogP contribution in [0.15, 0.2) is 77.9 Å². The zero-order chi connectivity index (χ0) is 25.1. The quantitative estimate of drug-likeness (QED) is 0.404. The van der Waals surface area contributed by atoms with Gasteiger partial charge in [-0.05, 0) is 22.9 Å². The molecule has 0 atom stereocenters. The van der Waals surface area contributed by atoms with Gasteiger partial charge in [0.2, 0.25) is 0 Å². The topological polar surface area (TPSA) is 90.7 Å². The summed E-state index contributed by atoms with van der Waals surface area (Å²) in [6.07, 6.45) is 3.62. The van der Waals surface area contributed by atoms with E-state index in [4.69, 9.17) is 9.47 Å². The number of ether oxygens (including phenoxy) is 2. The van der Waals surface area contributed by atoms with E-state index < -0.39 is 5.97 Å². The summed E-state index contributed by atoms with van der Waals surface area (Å²) in [5.74, 6) is -0.537. The number of nitrogens with zero attached hydrogens (tertiary/aromatic N) is 3. The third-order valence-corrected chi connectivity index (χ3v) is 6.41. The van der Waals surface area contributed by atoms with Crippen LogP contribution in [0.3, 0.4) is 0 Å². The number of esters is 1. The van der Waals surface area contributed by atoms with Crippen molar-refractivity contribution in [3.05, 3.63) is 106 Å². The maximum atomic E-state index is 13.5. The fourth-order valence-electron chi connectivity index (χ4n) is 4.62. The highest BCUT2D eigenvalue weighted by Gasteiger charge is 2.28. The van der Waals surface area contributed by atoms with Crippen LogP contribution in [-0.2, 0) is 24.3 Å². The van der Waals surface area contributed by atoms with Crippen LogP contribution in [0, 0.1) is 0 Å². The first-order valence-electron chi connectivity index (χ1n) is 11.7. The summed E-state index contributed by atoms with van der Waals surface area (Å²) in [5, 5.41) is 1.87.